The highest BCUT2D eigenvalue weighted by molar-refractivity contribution is 5.88. The molecule has 1 aliphatic heterocycles. The molecule has 3 saturated carbocycles. The van der Waals surface area contributed by atoms with Crippen LogP contribution in [0.5, 0.6) is 5.88 Å². The molecule has 0 saturated heterocycles. The van der Waals surface area contributed by atoms with Gasteiger partial charge in [-0.1, -0.05) is 0 Å². The fourth-order valence-electron chi connectivity index (χ4n) is 5.18. The quantitative estimate of drug-likeness (QED) is 0.741. The molecule has 6 nitrogen and oxygen atoms in total. The van der Waals surface area contributed by atoms with Crippen LogP contribution in [0, 0.1) is 22.5 Å². The van der Waals surface area contributed by atoms with Crippen molar-refractivity contribution in [1.82, 2.24) is 15.0 Å². The van der Waals surface area contributed by atoms with Crippen LogP contribution in [0.3, 0.4) is 0 Å². The smallest absolute Gasteiger partial charge is 0.249 e. The molecule has 156 valence electrons. The van der Waals surface area contributed by atoms with Crippen molar-refractivity contribution in [3.63, 3.8) is 0 Å². The van der Waals surface area contributed by atoms with Crippen LogP contribution in [0.2, 0.25) is 0 Å². The van der Waals surface area contributed by atoms with Crippen molar-refractivity contribution in [3.8, 4) is 5.88 Å². The summed E-state index contributed by atoms with van der Waals surface area (Å²) in [5, 5.41) is 5.46. The summed E-state index contributed by atoms with van der Waals surface area (Å²) in [7, 11) is 1.45. The Balaban J connectivity index is 1.31. The predicted octanol–water partition coefficient (Wildman–Crippen LogP) is 3.90. The average molecular weight is 416 g/mol. The van der Waals surface area contributed by atoms with Crippen LogP contribution in [-0.4, -0.2) is 34.2 Å². The number of amides is 1. The number of carbonyl (C=O) groups is 1. The Morgan fingerprint density at radius 2 is 1.87 bits per heavy atom. The Morgan fingerprint density at radius 1 is 1.17 bits per heavy atom. The SMILES string of the molecule is COc1cc(C(F)C23CC(C(=O)N4N=CCC4c4cc(F)cc(F)c4)(C2)C3)ncn1. The average Bonchev–Trinajstić information content (AvgIpc) is 3.15. The van der Waals surface area contributed by atoms with Crippen molar-refractivity contribution in [2.75, 3.05) is 7.11 Å². The molecule has 2 heterocycles. The van der Waals surface area contributed by atoms with Crippen LogP contribution in [0.15, 0.2) is 35.7 Å². The number of hydrogen-bond acceptors (Lipinski definition) is 5. The van der Waals surface area contributed by atoms with Gasteiger partial charge in [0.05, 0.1) is 24.3 Å². The molecule has 30 heavy (non-hydrogen) atoms. The minimum absolute atomic E-state index is 0.222. The van der Waals surface area contributed by atoms with Crippen LogP contribution in [0.25, 0.3) is 0 Å². The zero-order valence-electron chi connectivity index (χ0n) is 16.2. The molecule has 9 heteroatoms. The second kappa shape index (κ2) is 6.52. The fraction of sp³-hybridized carbons (Fsp3) is 0.429. The second-order valence-corrected chi connectivity index (χ2v) is 8.42. The Morgan fingerprint density at radius 3 is 2.53 bits per heavy atom. The number of ether oxygens (including phenoxy) is 1. The van der Waals surface area contributed by atoms with Gasteiger partial charge in [-0.2, -0.15) is 5.10 Å². The van der Waals surface area contributed by atoms with Crippen molar-refractivity contribution < 1.29 is 22.7 Å². The Labute approximate surface area is 170 Å². The number of aromatic nitrogens is 2. The number of hydrazone groups is 1. The van der Waals surface area contributed by atoms with Gasteiger partial charge < -0.3 is 4.74 Å². The number of nitrogens with zero attached hydrogens (tertiary/aromatic N) is 4. The van der Waals surface area contributed by atoms with E-state index in [-0.39, 0.29) is 17.5 Å². The highest BCUT2D eigenvalue weighted by atomic mass is 19.1. The molecule has 2 unspecified atom stereocenters. The maximum atomic E-state index is 15.2. The van der Waals surface area contributed by atoms with E-state index in [1.807, 2.05) is 0 Å². The van der Waals surface area contributed by atoms with Gasteiger partial charge in [-0.05, 0) is 37.0 Å². The van der Waals surface area contributed by atoms with Gasteiger partial charge >= 0.3 is 0 Å². The van der Waals surface area contributed by atoms with E-state index in [4.69, 9.17) is 4.74 Å². The third-order valence-electron chi connectivity index (χ3n) is 6.50. The second-order valence-electron chi connectivity index (χ2n) is 8.42. The maximum Gasteiger partial charge on any atom is 0.249 e. The third-order valence-corrected chi connectivity index (χ3v) is 6.50. The lowest BCUT2D eigenvalue weighted by Crippen LogP contribution is -2.69. The molecule has 0 N–H and O–H groups in total. The minimum Gasteiger partial charge on any atom is -0.481 e. The first kappa shape index (κ1) is 19.0. The van der Waals surface area contributed by atoms with Crippen molar-refractivity contribution in [3.05, 3.63) is 53.5 Å². The molecule has 1 aromatic heterocycles. The zero-order valence-corrected chi connectivity index (χ0v) is 16.2. The van der Waals surface area contributed by atoms with Crippen molar-refractivity contribution in [2.45, 2.75) is 37.9 Å². The highest BCUT2D eigenvalue weighted by Crippen LogP contribution is 2.78. The first-order valence-corrected chi connectivity index (χ1v) is 9.68. The van der Waals surface area contributed by atoms with E-state index in [1.54, 1.807) is 6.21 Å². The van der Waals surface area contributed by atoms with Gasteiger partial charge in [-0.15, -0.1) is 0 Å². The molecule has 6 rings (SSSR count). The summed E-state index contributed by atoms with van der Waals surface area (Å²) in [5.41, 5.74) is -0.697. The number of methoxy groups -OCH3 is 1. The summed E-state index contributed by atoms with van der Waals surface area (Å²) < 4.78 is 47.5. The first-order valence-electron chi connectivity index (χ1n) is 9.68. The molecule has 4 aliphatic rings. The lowest BCUT2D eigenvalue weighted by molar-refractivity contribution is -0.242. The molecular formula is C21H19F3N4O2. The van der Waals surface area contributed by atoms with Gasteiger partial charge in [0.1, 0.15) is 24.1 Å². The maximum absolute atomic E-state index is 15.2. The topological polar surface area (TPSA) is 67.7 Å². The monoisotopic (exact) mass is 416 g/mol. The van der Waals surface area contributed by atoms with Gasteiger partial charge in [0.2, 0.25) is 11.8 Å². The fourth-order valence-corrected chi connectivity index (χ4v) is 5.18. The number of rotatable bonds is 5. The summed E-state index contributed by atoms with van der Waals surface area (Å²) in [5.74, 6) is -1.33. The van der Waals surface area contributed by atoms with Crippen molar-refractivity contribution >= 4 is 12.1 Å². The molecule has 2 aromatic rings. The highest BCUT2D eigenvalue weighted by Gasteiger charge is 2.75. The summed E-state index contributed by atoms with van der Waals surface area (Å²) >= 11 is 0. The minimum atomic E-state index is -1.32. The van der Waals surface area contributed by atoms with Crippen LogP contribution >= 0.6 is 0 Å². The molecule has 3 fully saturated rings. The summed E-state index contributed by atoms with van der Waals surface area (Å²) in [6.45, 7) is 0. The Bertz CT molecular complexity index is 1020. The molecule has 3 aliphatic carbocycles. The molecule has 2 atom stereocenters. The summed E-state index contributed by atoms with van der Waals surface area (Å²) in [6.07, 6.45) is 3.06. The first-order chi connectivity index (χ1) is 14.4. The van der Waals surface area contributed by atoms with E-state index in [9.17, 15) is 13.6 Å². The van der Waals surface area contributed by atoms with Crippen molar-refractivity contribution in [1.29, 1.82) is 0 Å². The standard InChI is InChI=1S/C21H19F3N4O2/c1-30-17-7-15(25-11-26-17)18(24)20-8-21(9-20,10-20)19(29)28-16(2-3-27-28)12-4-13(22)6-14(23)5-12/h3-7,11,16,18H,2,8-10H2,1H3. The van der Waals surface area contributed by atoms with E-state index in [1.165, 1.54) is 36.6 Å². The van der Waals surface area contributed by atoms with E-state index in [2.05, 4.69) is 15.1 Å². The van der Waals surface area contributed by atoms with E-state index < -0.39 is 34.7 Å². The normalized spacial score (nSPS) is 29.9. The lowest BCUT2D eigenvalue weighted by Gasteiger charge is -2.70. The van der Waals surface area contributed by atoms with Crippen molar-refractivity contribution in [2.24, 2.45) is 15.9 Å². The number of benzene rings is 1. The molecule has 0 radical (unpaired) electrons. The largest absolute Gasteiger partial charge is 0.481 e. The number of alkyl halides is 1. The Kier molecular flexibility index (Phi) is 4.13. The van der Waals surface area contributed by atoms with Crippen LogP contribution < -0.4 is 4.74 Å². The summed E-state index contributed by atoms with van der Waals surface area (Å²) in [4.78, 5) is 21.1. The van der Waals surface area contributed by atoms with E-state index >= 15 is 4.39 Å². The molecule has 1 amide bonds. The van der Waals surface area contributed by atoms with Gasteiger partial charge in [-0.3, -0.25) is 4.79 Å². The molecule has 0 spiro atoms. The zero-order chi connectivity index (χ0) is 21.1. The predicted molar refractivity (Wildman–Crippen MR) is 100 cm³/mol. The summed E-state index contributed by atoms with van der Waals surface area (Å²) in [6, 6.07) is 4.14. The molecular weight excluding hydrogens is 397 g/mol. The van der Waals surface area contributed by atoms with Gasteiger partial charge in [0.25, 0.3) is 0 Å². The van der Waals surface area contributed by atoms with Crippen LogP contribution in [0.4, 0.5) is 13.2 Å². The Hall–Kier alpha value is -2.97. The van der Waals surface area contributed by atoms with Crippen LogP contribution in [-0.2, 0) is 4.79 Å². The van der Waals surface area contributed by atoms with Gasteiger partial charge in [-0.25, -0.2) is 28.1 Å². The lowest BCUT2D eigenvalue weighted by atomic mass is 9.33. The molecule has 2 bridgehead atoms. The van der Waals surface area contributed by atoms with E-state index in [0.717, 1.165) is 6.07 Å². The number of carbonyl (C=O) groups excluding carboxylic acids is 1. The van der Waals surface area contributed by atoms with Gasteiger partial charge in [0.15, 0.2) is 0 Å². The third kappa shape index (κ3) is 2.71. The number of hydrogen-bond donors (Lipinski definition) is 0. The number of halogens is 3. The van der Waals surface area contributed by atoms with Crippen LogP contribution in [0.1, 0.15) is 49.2 Å². The van der Waals surface area contributed by atoms with E-state index in [0.29, 0.717) is 31.2 Å². The molecule has 1 aromatic carbocycles. The van der Waals surface area contributed by atoms with Gasteiger partial charge in [0, 0.05) is 30.2 Å².